The zero-order valence-corrected chi connectivity index (χ0v) is 17.5. The van der Waals surface area contributed by atoms with Crippen LogP contribution in [-0.2, 0) is 6.54 Å². The minimum Gasteiger partial charge on any atom is -0.365 e. The Balaban J connectivity index is 1.65. The van der Waals surface area contributed by atoms with Gasteiger partial charge in [0.1, 0.15) is 5.02 Å². The van der Waals surface area contributed by atoms with Crippen molar-refractivity contribution < 1.29 is 0 Å². The molecule has 0 amide bonds. The summed E-state index contributed by atoms with van der Waals surface area (Å²) in [5.74, 6) is 0. The number of anilines is 1. The summed E-state index contributed by atoms with van der Waals surface area (Å²) >= 11 is 12.8. The number of halogens is 2. The second kappa shape index (κ2) is 6.52. The van der Waals surface area contributed by atoms with Crippen molar-refractivity contribution in [3.05, 3.63) is 56.4 Å². The fourth-order valence-corrected chi connectivity index (χ4v) is 5.75. The Morgan fingerprint density at radius 3 is 2.67 bits per heavy atom. The second-order valence-electron chi connectivity index (χ2n) is 9.24. The van der Waals surface area contributed by atoms with Gasteiger partial charge in [-0.05, 0) is 41.7 Å². The summed E-state index contributed by atoms with van der Waals surface area (Å²) in [6, 6.07) is 7.88. The molecule has 2 bridgehead atoms. The number of fused-ring (bicyclic) bond motifs is 2. The molecule has 0 spiro atoms. The highest BCUT2D eigenvalue weighted by Crippen LogP contribution is 2.53. The van der Waals surface area contributed by atoms with E-state index in [0.29, 0.717) is 23.0 Å². The average Bonchev–Trinajstić information content (AvgIpc) is 2.83. The smallest absolute Gasteiger partial charge is 0.287 e. The summed E-state index contributed by atoms with van der Waals surface area (Å²) in [7, 11) is 0. The van der Waals surface area contributed by atoms with E-state index in [2.05, 4.69) is 30.8 Å². The van der Waals surface area contributed by atoms with Crippen LogP contribution in [0.2, 0.25) is 10.0 Å². The van der Waals surface area contributed by atoms with Crippen molar-refractivity contribution in [1.82, 2.24) is 9.78 Å². The molecule has 1 saturated heterocycles. The molecule has 2 unspecified atom stereocenters. The molecule has 6 heteroatoms. The molecule has 0 radical (unpaired) electrons. The highest BCUT2D eigenvalue weighted by atomic mass is 35.5. The maximum atomic E-state index is 12.9. The lowest BCUT2D eigenvalue weighted by Crippen LogP contribution is -2.36. The Labute approximate surface area is 170 Å². The molecule has 2 aromatic rings. The Bertz CT molecular complexity index is 939. The minimum atomic E-state index is -0.264. The SMILES string of the molecule is CC1(C)CC2CC(C)(CN2c2cnn(Cc3ccccc3Cl)c(=O)c2Cl)C1. The molecule has 144 valence electrons. The molecule has 1 saturated carbocycles. The summed E-state index contributed by atoms with van der Waals surface area (Å²) in [6.45, 7) is 8.26. The molecular formula is C21H25Cl2N3O. The Morgan fingerprint density at radius 2 is 1.93 bits per heavy atom. The third-order valence-corrected chi connectivity index (χ3v) is 6.69. The summed E-state index contributed by atoms with van der Waals surface area (Å²) in [4.78, 5) is 15.2. The fraction of sp³-hybridized carbons (Fsp3) is 0.524. The van der Waals surface area contributed by atoms with Crippen molar-refractivity contribution in [2.24, 2.45) is 10.8 Å². The molecule has 0 N–H and O–H groups in total. The number of benzene rings is 1. The third-order valence-electron chi connectivity index (χ3n) is 5.97. The van der Waals surface area contributed by atoms with E-state index < -0.39 is 0 Å². The molecule has 2 heterocycles. The maximum Gasteiger partial charge on any atom is 0.287 e. The van der Waals surface area contributed by atoms with Crippen LogP contribution in [0.25, 0.3) is 0 Å². The average molecular weight is 406 g/mol. The van der Waals surface area contributed by atoms with Gasteiger partial charge in [-0.3, -0.25) is 4.79 Å². The van der Waals surface area contributed by atoms with Crippen molar-refractivity contribution in [2.45, 2.75) is 52.6 Å². The topological polar surface area (TPSA) is 38.1 Å². The van der Waals surface area contributed by atoms with Gasteiger partial charge in [0, 0.05) is 17.6 Å². The van der Waals surface area contributed by atoms with Gasteiger partial charge in [0.2, 0.25) is 0 Å². The number of aromatic nitrogens is 2. The number of hydrogen-bond acceptors (Lipinski definition) is 3. The Hall–Kier alpha value is -1.52. The van der Waals surface area contributed by atoms with Crippen LogP contribution in [0.15, 0.2) is 35.3 Å². The standard InChI is InChI=1S/C21H25Cl2N3O/c1-20(2)8-15-9-21(3,12-20)13-25(15)17-10-24-26(19(27)18(17)23)11-14-6-4-5-7-16(14)22/h4-7,10,15H,8-9,11-13H2,1-3H3. The molecule has 27 heavy (non-hydrogen) atoms. The van der Waals surface area contributed by atoms with E-state index in [9.17, 15) is 4.79 Å². The lowest BCUT2D eigenvalue weighted by Gasteiger charge is -2.39. The van der Waals surface area contributed by atoms with Gasteiger partial charge in [0.25, 0.3) is 5.56 Å². The largest absolute Gasteiger partial charge is 0.365 e. The van der Waals surface area contributed by atoms with Gasteiger partial charge in [0.05, 0.1) is 18.4 Å². The quantitative estimate of drug-likeness (QED) is 0.720. The van der Waals surface area contributed by atoms with Gasteiger partial charge in [-0.25, -0.2) is 4.68 Å². The van der Waals surface area contributed by atoms with Crippen molar-refractivity contribution in [1.29, 1.82) is 0 Å². The van der Waals surface area contributed by atoms with Crippen LogP contribution >= 0.6 is 23.2 Å². The normalized spacial score (nSPS) is 26.4. The van der Waals surface area contributed by atoms with E-state index in [1.54, 1.807) is 6.20 Å². The van der Waals surface area contributed by atoms with Crippen LogP contribution in [0.1, 0.15) is 45.6 Å². The highest BCUT2D eigenvalue weighted by Gasteiger charge is 2.50. The van der Waals surface area contributed by atoms with Crippen LogP contribution in [0, 0.1) is 10.8 Å². The molecule has 4 rings (SSSR count). The Morgan fingerprint density at radius 1 is 1.19 bits per heavy atom. The molecule has 1 aliphatic heterocycles. The van der Waals surface area contributed by atoms with Gasteiger partial charge in [0.15, 0.2) is 0 Å². The first kappa shape index (κ1) is 18.8. The van der Waals surface area contributed by atoms with Crippen molar-refractivity contribution in [2.75, 3.05) is 11.4 Å². The van der Waals surface area contributed by atoms with Crippen molar-refractivity contribution >= 4 is 28.9 Å². The van der Waals surface area contributed by atoms with Gasteiger partial charge in [-0.2, -0.15) is 5.10 Å². The van der Waals surface area contributed by atoms with E-state index in [0.717, 1.165) is 30.6 Å². The molecule has 2 aliphatic rings. The Kier molecular flexibility index (Phi) is 4.55. The van der Waals surface area contributed by atoms with Crippen LogP contribution in [0.5, 0.6) is 0 Å². The number of hydrogen-bond donors (Lipinski definition) is 0. The monoisotopic (exact) mass is 405 g/mol. The third kappa shape index (κ3) is 3.50. The zero-order valence-electron chi connectivity index (χ0n) is 16.0. The molecule has 4 nitrogen and oxygen atoms in total. The first-order valence-corrected chi connectivity index (χ1v) is 10.2. The van der Waals surface area contributed by atoms with Gasteiger partial charge in [-0.1, -0.05) is 62.2 Å². The van der Waals surface area contributed by atoms with Crippen molar-refractivity contribution in [3.63, 3.8) is 0 Å². The van der Waals surface area contributed by atoms with Crippen LogP contribution < -0.4 is 10.5 Å². The number of rotatable bonds is 3. The maximum absolute atomic E-state index is 12.9. The van der Waals surface area contributed by atoms with E-state index >= 15 is 0 Å². The van der Waals surface area contributed by atoms with Gasteiger partial charge in [-0.15, -0.1) is 0 Å². The van der Waals surface area contributed by atoms with E-state index in [-0.39, 0.29) is 16.0 Å². The van der Waals surface area contributed by atoms with E-state index in [1.807, 2.05) is 24.3 Å². The summed E-state index contributed by atoms with van der Waals surface area (Å²) in [5, 5.41) is 5.29. The summed E-state index contributed by atoms with van der Waals surface area (Å²) < 4.78 is 1.39. The molecular weight excluding hydrogens is 381 g/mol. The fourth-order valence-electron chi connectivity index (χ4n) is 5.30. The molecule has 1 aromatic heterocycles. The van der Waals surface area contributed by atoms with Crippen LogP contribution in [0.4, 0.5) is 5.69 Å². The molecule has 1 aromatic carbocycles. The zero-order chi connectivity index (χ0) is 19.4. The first-order chi connectivity index (χ1) is 12.7. The van der Waals surface area contributed by atoms with E-state index in [4.69, 9.17) is 23.2 Å². The second-order valence-corrected chi connectivity index (χ2v) is 10.0. The van der Waals surface area contributed by atoms with Crippen LogP contribution in [-0.4, -0.2) is 22.4 Å². The lowest BCUT2D eigenvalue weighted by molar-refractivity contribution is 0.136. The highest BCUT2D eigenvalue weighted by molar-refractivity contribution is 6.33. The van der Waals surface area contributed by atoms with Crippen molar-refractivity contribution in [3.8, 4) is 0 Å². The van der Waals surface area contributed by atoms with Gasteiger partial charge < -0.3 is 4.90 Å². The van der Waals surface area contributed by atoms with Crippen LogP contribution in [0.3, 0.4) is 0 Å². The minimum absolute atomic E-state index is 0.256. The predicted molar refractivity (Wildman–Crippen MR) is 111 cm³/mol. The summed E-state index contributed by atoms with van der Waals surface area (Å²) in [6.07, 6.45) is 5.20. The lowest BCUT2D eigenvalue weighted by atomic mass is 9.65. The summed E-state index contributed by atoms with van der Waals surface area (Å²) in [5.41, 5.74) is 1.93. The predicted octanol–water partition coefficient (Wildman–Crippen LogP) is 5.00. The molecule has 1 aliphatic carbocycles. The first-order valence-electron chi connectivity index (χ1n) is 9.43. The number of nitrogens with zero attached hydrogens (tertiary/aromatic N) is 3. The van der Waals surface area contributed by atoms with E-state index in [1.165, 1.54) is 11.1 Å². The van der Waals surface area contributed by atoms with Gasteiger partial charge >= 0.3 is 0 Å². The molecule has 2 atom stereocenters. The molecule has 2 fully saturated rings.